The van der Waals surface area contributed by atoms with E-state index >= 15 is 0 Å². The number of nitrogens with one attached hydrogen (secondary N) is 2. The second-order valence-corrected chi connectivity index (χ2v) is 3.32. The maximum absolute atomic E-state index is 9.11. The van der Waals surface area contributed by atoms with Gasteiger partial charge < -0.3 is 15.3 Å². The monoisotopic (exact) mass is 268 g/mol. The van der Waals surface area contributed by atoms with Gasteiger partial charge in [0, 0.05) is 0 Å². The summed E-state index contributed by atoms with van der Waals surface area (Å²) in [5, 5.41) is 38.1. The number of aliphatic hydroxyl groups is 3. The zero-order chi connectivity index (χ0) is 15.1. The van der Waals surface area contributed by atoms with Gasteiger partial charge in [-0.3, -0.25) is 0 Å². The van der Waals surface area contributed by atoms with Crippen molar-refractivity contribution in [1.29, 1.82) is 10.8 Å². The average Bonchev–Trinajstić information content (AvgIpc) is 2.44. The molecule has 1 rings (SSSR count). The van der Waals surface area contributed by atoms with Gasteiger partial charge in [0.1, 0.15) is 0 Å². The standard InChI is InChI=1S/C10H14O3.2CHNO/c11-6-10(7-12,8-13)9-4-2-1-3-5-9;2*2-1-3/h1-5,11-13H,6-8H2;2*2H. The largest absolute Gasteiger partial charge is 0.395 e. The lowest BCUT2D eigenvalue weighted by Gasteiger charge is -2.27. The molecule has 0 heterocycles. The lowest BCUT2D eigenvalue weighted by molar-refractivity contribution is 0.0641. The molecule has 0 saturated heterocycles. The molecule has 0 aliphatic rings. The summed E-state index contributed by atoms with van der Waals surface area (Å²) < 4.78 is 0. The highest BCUT2D eigenvalue weighted by Crippen LogP contribution is 2.22. The molecule has 19 heavy (non-hydrogen) atoms. The smallest absolute Gasteiger partial charge is 0.231 e. The molecule has 0 spiro atoms. The number of aliphatic hydroxyl groups excluding tert-OH is 3. The van der Waals surface area contributed by atoms with Gasteiger partial charge in [0.25, 0.3) is 0 Å². The third-order valence-electron chi connectivity index (χ3n) is 2.29. The Hall–Kier alpha value is -2.14. The van der Waals surface area contributed by atoms with Crippen LogP contribution in [-0.2, 0) is 15.0 Å². The van der Waals surface area contributed by atoms with E-state index in [1.807, 2.05) is 18.2 Å². The number of hydrogen-bond acceptors (Lipinski definition) is 7. The van der Waals surface area contributed by atoms with Crippen LogP contribution in [0.2, 0.25) is 0 Å². The van der Waals surface area contributed by atoms with E-state index in [0.717, 1.165) is 17.7 Å². The number of benzene rings is 1. The molecule has 0 unspecified atom stereocenters. The Morgan fingerprint density at radius 3 is 1.47 bits per heavy atom. The Morgan fingerprint density at radius 2 is 1.21 bits per heavy atom. The van der Waals surface area contributed by atoms with Crippen LogP contribution in [-0.4, -0.2) is 47.3 Å². The lowest BCUT2D eigenvalue weighted by atomic mass is 9.83. The van der Waals surface area contributed by atoms with Crippen molar-refractivity contribution in [2.75, 3.05) is 19.8 Å². The fraction of sp³-hybridized carbons (Fsp3) is 0.333. The van der Waals surface area contributed by atoms with Crippen LogP contribution in [0.1, 0.15) is 5.56 Å². The zero-order valence-corrected chi connectivity index (χ0v) is 10.2. The van der Waals surface area contributed by atoms with E-state index in [4.69, 9.17) is 35.7 Å². The molecule has 0 amide bonds. The second-order valence-electron chi connectivity index (χ2n) is 3.32. The molecular weight excluding hydrogens is 252 g/mol. The van der Waals surface area contributed by atoms with Gasteiger partial charge in [0.05, 0.1) is 25.2 Å². The summed E-state index contributed by atoms with van der Waals surface area (Å²) in [5.41, 5.74) is -0.163. The van der Waals surface area contributed by atoms with Gasteiger partial charge in [-0.1, -0.05) is 30.3 Å². The van der Waals surface area contributed by atoms with Gasteiger partial charge in [-0.2, -0.15) is 0 Å². The molecule has 5 N–H and O–H groups in total. The molecule has 1 aromatic carbocycles. The lowest BCUT2D eigenvalue weighted by Crippen LogP contribution is -2.38. The first kappa shape index (κ1) is 19.2. The molecule has 0 aromatic heterocycles. The highest BCUT2D eigenvalue weighted by atomic mass is 16.3. The van der Waals surface area contributed by atoms with Crippen molar-refractivity contribution in [3.05, 3.63) is 35.9 Å². The topological polar surface area (TPSA) is 143 Å². The number of rotatable bonds is 4. The maximum Gasteiger partial charge on any atom is 0.231 e. The van der Waals surface area contributed by atoms with Gasteiger partial charge in [-0.15, -0.1) is 0 Å². The van der Waals surface area contributed by atoms with E-state index in [1.165, 1.54) is 0 Å². The van der Waals surface area contributed by atoms with Gasteiger partial charge >= 0.3 is 0 Å². The molecule has 104 valence electrons. The Bertz CT molecular complexity index is 372. The van der Waals surface area contributed by atoms with Gasteiger partial charge in [-0.25, -0.2) is 20.4 Å². The number of hydrogen-bond donors (Lipinski definition) is 5. The fourth-order valence-corrected chi connectivity index (χ4v) is 1.22. The highest BCUT2D eigenvalue weighted by Gasteiger charge is 2.29. The summed E-state index contributed by atoms with van der Waals surface area (Å²) in [4.78, 5) is 16.7. The van der Waals surface area contributed by atoms with Crippen LogP contribution in [0.4, 0.5) is 0 Å². The molecule has 7 nitrogen and oxygen atoms in total. The molecule has 0 fully saturated rings. The molecule has 0 aliphatic carbocycles. The normalized spacial score (nSPS) is 8.79. The second kappa shape index (κ2) is 12.3. The summed E-state index contributed by atoms with van der Waals surface area (Å²) in [7, 11) is 0. The van der Waals surface area contributed by atoms with Crippen molar-refractivity contribution in [1.82, 2.24) is 0 Å². The Kier molecular flexibility index (Phi) is 12.5. The zero-order valence-electron chi connectivity index (χ0n) is 10.2. The minimum Gasteiger partial charge on any atom is -0.395 e. The molecule has 0 saturated carbocycles. The maximum atomic E-state index is 9.11. The van der Waals surface area contributed by atoms with E-state index in [0.29, 0.717) is 0 Å². The summed E-state index contributed by atoms with van der Waals surface area (Å²) >= 11 is 0. The van der Waals surface area contributed by atoms with Crippen LogP contribution >= 0.6 is 0 Å². The van der Waals surface area contributed by atoms with Gasteiger partial charge in [0.15, 0.2) is 0 Å². The highest BCUT2D eigenvalue weighted by molar-refractivity contribution is 5.26. The van der Waals surface area contributed by atoms with E-state index in [-0.39, 0.29) is 19.8 Å². The Morgan fingerprint density at radius 1 is 0.895 bits per heavy atom. The van der Waals surface area contributed by atoms with Crippen molar-refractivity contribution < 1.29 is 24.9 Å². The first-order valence-electron chi connectivity index (χ1n) is 5.08. The predicted octanol–water partition coefficient (Wildman–Crippen LogP) is -0.297. The van der Waals surface area contributed by atoms with Crippen LogP contribution in [0.15, 0.2) is 30.3 Å². The SMILES string of the molecule is N=C=O.N=C=O.OCC(CO)(CO)c1ccccc1. The van der Waals surface area contributed by atoms with Gasteiger partial charge in [-0.05, 0) is 5.56 Å². The van der Waals surface area contributed by atoms with Gasteiger partial charge in [0.2, 0.25) is 12.2 Å². The first-order chi connectivity index (χ1) is 9.12. The molecule has 0 radical (unpaired) electrons. The molecule has 0 aliphatic heterocycles. The van der Waals surface area contributed by atoms with Crippen LogP contribution in [0.5, 0.6) is 0 Å². The van der Waals surface area contributed by atoms with Crippen molar-refractivity contribution in [2.24, 2.45) is 0 Å². The summed E-state index contributed by atoms with van der Waals surface area (Å²) in [6.45, 7) is -0.780. The number of carbonyl (C=O) groups excluding carboxylic acids is 2. The van der Waals surface area contributed by atoms with E-state index in [2.05, 4.69) is 0 Å². The van der Waals surface area contributed by atoms with Crippen molar-refractivity contribution in [3.63, 3.8) is 0 Å². The quantitative estimate of drug-likeness (QED) is 0.376. The van der Waals surface area contributed by atoms with E-state index < -0.39 is 5.41 Å². The molecule has 0 bridgehead atoms. The minimum absolute atomic E-state index is 0.260. The molecule has 7 heteroatoms. The Balaban J connectivity index is 0. The van der Waals surface area contributed by atoms with Crippen molar-refractivity contribution >= 4 is 12.2 Å². The van der Waals surface area contributed by atoms with Crippen molar-refractivity contribution in [3.8, 4) is 0 Å². The molecule has 0 atom stereocenters. The first-order valence-corrected chi connectivity index (χ1v) is 5.08. The third kappa shape index (κ3) is 7.00. The van der Waals surface area contributed by atoms with Crippen LogP contribution in [0.25, 0.3) is 0 Å². The van der Waals surface area contributed by atoms with Crippen LogP contribution < -0.4 is 0 Å². The summed E-state index contributed by atoms with van der Waals surface area (Å²) in [5.74, 6) is 0. The van der Waals surface area contributed by atoms with Crippen LogP contribution in [0, 0.1) is 10.8 Å². The van der Waals surface area contributed by atoms with E-state index in [9.17, 15) is 0 Å². The number of isocyanates is 2. The molecular formula is C12H16N2O5. The minimum atomic E-state index is -0.915. The molecule has 1 aromatic rings. The summed E-state index contributed by atoms with van der Waals surface area (Å²) in [6, 6.07) is 9.03. The third-order valence-corrected chi connectivity index (χ3v) is 2.29. The van der Waals surface area contributed by atoms with Crippen molar-refractivity contribution in [2.45, 2.75) is 5.41 Å². The average molecular weight is 268 g/mol. The summed E-state index contributed by atoms with van der Waals surface area (Å²) in [6.07, 6.45) is 1.50. The fourth-order valence-electron chi connectivity index (χ4n) is 1.22. The Labute approximate surface area is 110 Å². The van der Waals surface area contributed by atoms with E-state index in [1.54, 1.807) is 12.1 Å². The van der Waals surface area contributed by atoms with Crippen LogP contribution in [0.3, 0.4) is 0 Å². The predicted molar refractivity (Wildman–Crippen MR) is 66.2 cm³/mol.